The summed E-state index contributed by atoms with van der Waals surface area (Å²) in [4.78, 5) is 0. The maximum atomic E-state index is 13.4. The highest BCUT2D eigenvalue weighted by Gasteiger charge is 2.01. The third kappa shape index (κ3) is 3.65. The van der Waals surface area contributed by atoms with Crippen LogP contribution in [0, 0.1) is 12.7 Å². The Morgan fingerprint density at radius 3 is 2.42 bits per heavy atom. The molecule has 0 saturated heterocycles. The van der Waals surface area contributed by atoms with Gasteiger partial charge >= 0.3 is 0 Å². The standard InChI is InChI=1S/C17H20FN/c1-3-15-6-4-5-7-16(15)12-19-11-14-9-8-13(2)17(18)10-14/h4-10,19H,3,11-12H2,1-2H3. The molecule has 0 spiro atoms. The van der Waals surface area contributed by atoms with E-state index in [0.717, 1.165) is 18.5 Å². The minimum absolute atomic E-state index is 0.131. The molecule has 100 valence electrons. The fourth-order valence-corrected chi connectivity index (χ4v) is 2.16. The Morgan fingerprint density at radius 2 is 1.74 bits per heavy atom. The zero-order valence-electron chi connectivity index (χ0n) is 11.5. The summed E-state index contributed by atoms with van der Waals surface area (Å²) < 4.78 is 13.4. The van der Waals surface area contributed by atoms with Crippen LogP contribution in [0.1, 0.15) is 29.2 Å². The Labute approximate surface area is 114 Å². The first kappa shape index (κ1) is 13.8. The molecule has 0 atom stereocenters. The van der Waals surface area contributed by atoms with Gasteiger partial charge in [0.15, 0.2) is 0 Å². The van der Waals surface area contributed by atoms with Crippen molar-refractivity contribution >= 4 is 0 Å². The Balaban J connectivity index is 1.94. The van der Waals surface area contributed by atoms with Gasteiger partial charge in [0.1, 0.15) is 5.82 Å². The van der Waals surface area contributed by atoms with Gasteiger partial charge in [-0.25, -0.2) is 4.39 Å². The molecular formula is C17H20FN. The maximum Gasteiger partial charge on any atom is 0.126 e. The third-order valence-corrected chi connectivity index (χ3v) is 3.38. The monoisotopic (exact) mass is 257 g/mol. The molecule has 0 aliphatic rings. The van der Waals surface area contributed by atoms with Gasteiger partial charge in [0, 0.05) is 13.1 Å². The van der Waals surface area contributed by atoms with Crippen LogP contribution in [-0.4, -0.2) is 0 Å². The number of nitrogens with one attached hydrogen (secondary N) is 1. The van der Waals surface area contributed by atoms with Crippen LogP contribution in [0.15, 0.2) is 42.5 Å². The maximum absolute atomic E-state index is 13.4. The highest BCUT2D eigenvalue weighted by atomic mass is 19.1. The van der Waals surface area contributed by atoms with Gasteiger partial charge in [0.25, 0.3) is 0 Å². The van der Waals surface area contributed by atoms with Gasteiger partial charge in [0.2, 0.25) is 0 Å². The minimum atomic E-state index is -0.131. The van der Waals surface area contributed by atoms with Gasteiger partial charge in [-0.2, -0.15) is 0 Å². The normalized spacial score (nSPS) is 10.7. The van der Waals surface area contributed by atoms with Crippen LogP contribution in [0.25, 0.3) is 0 Å². The zero-order valence-corrected chi connectivity index (χ0v) is 11.5. The first-order valence-electron chi connectivity index (χ1n) is 6.73. The third-order valence-electron chi connectivity index (χ3n) is 3.38. The molecule has 0 heterocycles. The highest BCUT2D eigenvalue weighted by molar-refractivity contribution is 5.27. The van der Waals surface area contributed by atoms with Crippen molar-refractivity contribution in [1.29, 1.82) is 0 Å². The summed E-state index contributed by atoms with van der Waals surface area (Å²) in [6.45, 7) is 5.45. The quantitative estimate of drug-likeness (QED) is 0.854. The Hall–Kier alpha value is -1.67. The van der Waals surface area contributed by atoms with Crippen LogP contribution in [0.2, 0.25) is 0 Å². The summed E-state index contributed by atoms with van der Waals surface area (Å²) in [6, 6.07) is 13.8. The molecule has 2 aromatic carbocycles. The largest absolute Gasteiger partial charge is 0.309 e. The molecule has 1 nitrogen and oxygen atoms in total. The Bertz CT molecular complexity index is 549. The predicted octanol–water partition coefficient (Wildman–Crippen LogP) is 3.99. The fraction of sp³-hybridized carbons (Fsp3) is 0.294. The summed E-state index contributed by atoms with van der Waals surface area (Å²) in [5.41, 5.74) is 4.36. The van der Waals surface area contributed by atoms with E-state index in [9.17, 15) is 4.39 Å². The Morgan fingerprint density at radius 1 is 1.00 bits per heavy atom. The van der Waals surface area contributed by atoms with Crippen LogP contribution < -0.4 is 5.32 Å². The molecule has 1 N–H and O–H groups in total. The number of hydrogen-bond donors (Lipinski definition) is 1. The van der Waals surface area contributed by atoms with Gasteiger partial charge in [-0.3, -0.25) is 0 Å². The van der Waals surface area contributed by atoms with E-state index in [4.69, 9.17) is 0 Å². The number of hydrogen-bond acceptors (Lipinski definition) is 1. The van der Waals surface area contributed by atoms with Gasteiger partial charge in [-0.1, -0.05) is 43.3 Å². The lowest BCUT2D eigenvalue weighted by Gasteiger charge is -2.09. The summed E-state index contributed by atoms with van der Waals surface area (Å²) in [5.74, 6) is -0.131. The lowest BCUT2D eigenvalue weighted by molar-refractivity contribution is 0.611. The number of aryl methyl sites for hydroxylation is 2. The molecule has 0 saturated carbocycles. The van der Waals surface area contributed by atoms with Crippen LogP contribution in [0.5, 0.6) is 0 Å². The van der Waals surface area contributed by atoms with E-state index in [1.54, 1.807) is 13.0 Å². The van der Waals surface area contributed by atoms with Crippen LogP contribution in [0.4, 0.5) is 4.39 Å². The van der Waals surface area contributed by atoms with Crippen LogP contribution in [-0.2, 0) is 19.5 Å². The molecule has 0 aromatic heterocycles. The molecule has 0 unspecified atom stereocenters. The molecule has 19 heavy (non-hydrogen) atoms. The van der Waals surface area contributed by atoms with Gasteiger partial charge in [-0.05, 0) is 41.7 Å². The van der Waals surface area contributed by atoms with Crippen LogP contribution >= 0.6 is 0 Å². The molecule has 0 bridgehead atoms. The minimum Gasteiger partial charge on any atom is -0.309 e. The molecule has 2 rings (SSSR count). The zero-order chi connectivity index (χ0) is 13.7. The Kier molecular flexibility index (Phi) is 4.69. The van der Waals surface area contributed by atoms with Gasteiger partial charge < -0.3 is 5.32 Å². The topological polar surface area (TPSA) is 12.0 Å². The lowest BCUT2D eigenvalue weighted by Crippen LogP contribution is -2.14. The second kappa shape index (κ2) is 6.48. The average Bonchev–Trinajstić information content (AvgIpc) is 2.43. The van der Waals surface area contributed by atoms with Crippen molar-refractivity contribution in [3.63, 3.8) is 0 Å². The van der Waals surface area contributed by atoms with E-state index in [1.807, 2.05) is 12.1 Å². The smallest absolute Gasteiger partial charge is 0.126 e. The van der Waals surface area contributed by atoms with Crippen molar-refractivity contribution < 1.29 is 4.39 Å². The van der Waals surface area contributed by atoms with Gasteiger partial charge in [0.05, 0.1) is 0 Å². The first-order valence-corrected chi connectivity index (χ1v) is 6.73. The van der Waals surface area contributed by atoms with E-state index >= 15 is 0 Å². The summed E-state index contributed by atoms with van der Waals surface area (Å²) >= 11 is 0. The van der Waals surface area contributed by atoms with Crippen molar-refractivity contribution in [3.8, 4) is 0 Å². The van der Waals surface area contributed by atoms with Gasteiger partial charge in [-0.15, -0.1) is 0 Å². The van der Waals surface area contributed by atoms with Crippen molar-refractivity contribution in [1.82, 2.24) is 5.32 Å². The van der Waals surface area contributed by atoms with E-state index in [0.29, 0.717) is 12.1 Å². The lowest BCUT2D eigenvalue weighted by atomic mass is 10.1. The van der Waals surface area contributed by atoms with Crippen molar-refractivity contribution in [3.05, 3.63) is 70.5 Å². The molecule has 0 aliphatic carbocycles. The van der Waals surface area contributed by atoms with E-state index < -0.39 is 0 Å². The van der Waals surface area contributed by atoms with Crippen molar-refractivity contribution in [2.24, 2.45) is 0 Å². The number of rotatable bonds is 5. The molecular weight excluding hydrogens is 237 g/mol. The SMILES string of the molecule is CCc1ccccc1CNCc1ccc(C)c(F)c1. The first-order chi connectivity index (χ1) is 9.20. The summed E-state index contributed by atoms with van der Waals surface area (Å²) in [5, 5.41) is 3.37. The van der Waals surface area contributed by atoms with E-state index in [1.165, 1.54) is 11.1 Å². The molecule has 2 heteroatoms. The second-order valence-electron chi connectivity index (χ2n) is 4.81. The summed E-state index contributed by atoms with van der Waals surface area (Å²) in [6.07, 6.45) is 1.04. The van der Waals surface area contributed by atoms with E-state index in [-0.39, 0.29) is 5.82 Å². The fourth-order valence-electron chi connectivity index (χ4n) is 2.16. The molecule has 0 amide bonds. The molecule has 0 fully saturated rings. The average molecular weight is 257 g/mol. The predicted molar refractivity (Wildman–Crippen MR) is 77.5 cm³/mol. The molecule has 0 aliphatic heterocycles. The van der Waals surface area contributed by atoms with Crippen molar-refractivity contribution in [2.75, 3.05) is 0 Å². The molecule has 2 aromatic rings. The van der Waals surface area contributed by atoms with Crippen molar-refractivity contribution in [2.45, 2.75) is 33.4 Å². The molecule has 0 radical (unpaired) electrons. The van der Waals surface area contributed by atoms with Crippen LogP contribution in [0.3, 0.4) is 0 Å². The number of halogens is 1. The number of benzene rings is 2. The summed E-state index contributed by atoms with van der Waals surface area (Å²) in [7, 11) is 0. The highest BCUT2D eigenvalue weighted by Crippen LogP contribution is 2.11. The van der Waals surface area contributed by atoms with E-state index in [2.05, 4.69) is 36.5 Å². The second-order valence-corrected chi connectivity index (χ2v) is 4.81.